The van der Waals surface area contributed by atoms with Crippen molar-refractivity contribution in [2.24, 2.45) is 11.8 Å². The Morgan fingerprint density at radius 2 is 2.05 bits per heavy atom. The van der Waals surface area contributed by atoms with E-state index in [1.807, 2.05) is 0 Å². The van der Waals surface area contributed by atoms with E-state index in [9.17, 15) is 19.7 Å². The van der Waals surface area contributed by atoms with Crippen LogP contribution in [0.4, 0.5) is 5.69 Å². The number of hydrogen-bond acceptors (Lipinski definition) is 4. The average Bonchev–Trinajstić information content (AvgIpc) is 2.37. The van der Waals surface area contributed by atoms with Gasteiger partial charge in [0.1, 0.15) is 5.02 Å². The molecule has 0 spiro atoms. The molecule has 2 N–H and O–H groups in total. The molecule has 0 aliphatic rings. The number of carbonyl (C=O) groups is 2. The van der Waals surface area contributed by atoms with Crippen LogP contribution in [0.25, 0.3) is 0 Å². The van der Waals surface area contributed by atoms with Crippen molar-refractivity contribution in [2.75, 3.05) is 6.54 Å². The van der Waals surface area contributed by atoms with Gasteiger partial charge >= 0.3 is 5.97 Å². The minimum atomic E-state index is -1.02. The van der Waals surface area contributed by atoms with Crippen molar-refractivity contribution in [3.05, 3.63) is 38.9 Å². The predicted molar refractivity (Wildman–Crippen MR) is 76.4 cm³/mol. The molecule has 0 saturated carbocycles. The zero-order valence-electron chi connectivity index (χ0n) is 11.5. The summed E-state index contributed by atoms with van der Waals surface area (Å²) in [5, 5.41) is 22.0. The van der Waals surface area contributed by atoms with E-state index in [4.69, 9.17) is 16.7 Å². The number of rotatable bonds is 6. The van der Waals surface area contributed by atoms with Crippen molar-refractivity contribution in [1.82, 2.24) is 5.32 Å². The summed E-state index contributed by atoms with van der Waals surface area (Å²) in [7, 11) is 0. The van der Waals surface area contributed by atoms with Crippen LogP contribution in [0.2, 0.25) is 5.02 Å². The molecule has 0 heterocycles. The van der Waals surface area contributed by atoms with Crippen molar-refractivity contribution in [1.29, 1.82) is 0 Å². The number of amides is 1. The van der Waals surface area contributed by atoms with Crippen LogP contribution in [0.3, 0.4) is 0 Å². The molecule has 1 atom stereocenters. The number of hydrogen-bond donors (Lipinski definition) is 2. The Hall–Kier alpha value is -2.15. The summed E-state index contributed by atoms with van der Waals surface area (Å²) >= 11 is 5.82. The fraction of sp³-hybridized carbons (Fsp3) is 0.385. The maximum Gasteiger partial charge on any atom is 0.308 e. The second kappa shape index (κ2) is 7.03. The maximum atomic E-state index is 12.0. The molecule has 0 aliphatic carbocycles. The molecule has 7 nitrogen and oxygen atoms in total. The van der Waals surface area contributed by atoms with Crippen molar-refractivity contribution in [2.45, 2.75) is 13.8 Å². The molecule has 114 valence electrons. The number of carboxylic acid groups (broad SMARTS) is 1. The Labute approximate surface area is 126 Å². The summed E-state index contributed by atoms with van der Waals surface area (Å²) in [6.45, 7) is 3.38. The first-order valence-corrected chi connectivity index (χ1v) is 6.57. The van der Waals surface area contributed by atoms with E-state index in [2.05, 4.69) is 5.32 Å². The van der Waals surface area contributed by atoms with Crippen molar-refractivity contribution in [3.8, 4) is 0 Å². The lowest BCUT2D eigenvalue weighted by atomic mass is 9.96. The van der Waals surface area contributed by atoms with Crippen LogP contribution < -0.4 is 5.32 Å². The summed E-state index contributed by atoms with van der Waals surface area (Å²) < 4.78 is 0. The zero-order chi connectivity index (χ0) is 16.2. The van der Waals surface area contributed by atoms with Crippen LogP contribution in [0.5, 0.6) is 0 Å². The number of nitrogens with zero attached hydrogens (tertiary/aromatic N) is 1. The third-order valence-electron chi connectivity index (χ3n) is 3.02. The summed E-state index contributed by atoms with van der Waals surface area (Å²) in [6.07, 6.45) is 0. The number of carboxylic acids is 1. The third-order valence-corrected chi connectivity index (χ3v) is 3.42. The first-order valence-electron chi connectivity index (χ1n) is 6.19. The predicted octanol–water partition coefficient (Wildman–Crippen LogP) is 2.33. The molecular weight excluding hydrogens is 300 g/mol. The van der Waals surface area contributed by atoms with E-state index in [0.717, 1.165) is 0 Å². The van der Waals surface area contributed by atoms with Gasteiger partial charge in [-0.1, -0.05) is 31.5 Å². The van der Waals surface area contributed by atoms with Gasteiger partial charge in [0.05, 0.1) is 16.4 Å². The molecule has 0 aromatic heterocycles. The third kappa shape index (κ3) is 4.16. The Bertz CT molecular complexity index is 574. The highest BCUT2D eigenvalue weighted by atomic mass is 35.5. The molecule has 1 rings (SSSR count). The average molecular weight is 315 g/mol. The molecule has 8 heteroatoms. The van der Waals surface area contributed by atoms with Crippen molar-refractivity contribution in [3.63, 3.8) is 0 Å². The SMILES string of the molecule is CC(C)C(CNC(=O)c1cccc([N+](=O)[O-])c1Cl)C(=O)O. The van der Waals surface area contributed by atoms with Gasteiger partial charge in [-0.15, -0.1) is 0 Å². The fourth-order valence-corrected chi connectivity index (χ4v) is 2.02. The zero-order valence-corrected chi connectivity index (χ0v) is 12.3. The highest BCUT2D eigenvalue weighted by molar-refractivity contribution is 6.35. The van der Waals surface area contributed by atoms with E-state index >= 15 is 0 Å². The number of nitrogens with one attached hydrogen (secondary N) is 1. The highest BCUT2D eigenvalue weighted by Crippen LogP contribution is 2.27. The topological polar surface area (TPSA) is 110 Å². The number of halogens is 1. The molecule has 1 unspecified atom stereocenters. The van der Waals surface area contributed by atoms with Gasteiger partial charge < -0.3 is 10.4 Å². The smallest absolute Gasteiger partial charge is 0.308 e. The van der Waals surface area contributed by atoms with Gasteiger partial charge in [0.15, 0.2) is 0 Å². The number of nitro benzene ring substituents is 1. The second-order valence-corrected chi connectivity index (χ2v) is 5.17. The molecule has 0 saturated heterocycles. The van der Waals surface area contributed by atoms with Gasteiger partial charge in [-0.3, -0.25) is 19.7 Å². The van der Waals surface area contributed by atoms with Crippen LogP contribution in [0.1, 0.15) is 24.2 Å². The normalized spacial score (nSPS) is 12.0. The minimum Gasteiger partial charge on any atom is -0.481 e. The molecule has 0 fully saturated rings. The maximum absolute atomic E-state index is 12.0. The molecular formula is C13H15ClN2O5. The summed E-state index contributed by atoms with van der Waals surface area (Å²) in [5.41, 5.74) is -0.429. The molecule has 1 aromatic carbocycles. The van der Waals surface area contributed by atoms with Gasteiger partial charge in [-0.05, 0) is 12.0 Å². The van der Waals surface area contributed by atoms with Crippen LogP contribution in [0.15, 0.2) is 18.2 Å². The summed E-state index contributed by atoms with van der Waals surface area (Å²) in [5.74, 6) is -2.57. The number of nitro groups is 1. The lowest BCUT2D eigenvalue weighted by molar-refractivity contribution is -0.384. The number of carbonyl (C=O) groups excluding carboxylic acids is 1. The van der Waals surface area contributed by atoms with E-state index in [-0.39, 0.29) is 28.7 Å². The first-order chi connectivity index (χ1) is 9.75. The van der Waals surface area contributed by atoms with Gasteiger partial charge in [0, 0.05) is 12.6 Å². The van der Waals surface area contributed by atoms with E-state index < -0.39 is 22.7 Å². The van der Waals surface area contributed by atoms with Gasteiger partial charge in [-0.2, -0.15) is 0 Å². The van der Waals surface area contributed by atoms with Gasteiger partial charge in [0.25, 0.3) is 11.6 Å². The lowest BCUT2D eigenvalue weighted by Gasteiger charge is -2.16. The van der Waals surface area contributed by atoms with Crippen LogP contribution >= 0.6 is 11.6 Å². The molecule has 0 radical (unpaired) electrons. The monoisotopic (exact) mass is 314 g/mol. The Kier molecular flexibility index (Phi) is 5.66. The van der Waals surface area contributed by atoms with E-state index in [1.165, 1.54) is 18.2 Å². The lowest BCUT2D eigenvalue weighted by Crippen LogP contribution is -2.35. The minimum absolute atomic E-state index is 0.0567. The molecule has 0 aliphatic heterocycles. The number of aliphatic carboxylic acids is 1. The standard InChI is InChI=1S/C13H15ClN2O5/c1-7(2)9(13(18)19)6-15-12(17)8-4-3-5-10(11(8)14)16(20)21/h3-5,7,9H,6H2,1-2H3,(H,15,17)(H,18,19). The highest BCUT2D eigenvalue weighted by Gasteiger charge is 2.24. The second-order valence-electron chi connectivity index (χ2n) is 4.79. The largest absolute Gasteiger partial charge is 0.481 e. The van der Waals surface area contributed by atoms with Crippen LogP contribution in [-0.2, 0) is 4.79 Å². The van der Waals surface area contributed by atoms with E-state index in [1.54, 1.807) is 13.8 Å². The van der Waals surface area contributed by atoms with Crippen molar-refractivity contribution >= 4 is 29.2 Å². The van der Waals surface area contributed by atoms with Gasteiger partial charge in [-0.25, -0.2) is 0 Å². The quantitative estimate of drug-likeness (QED) is 0.618. The van der Waals surface area contributed by atoms with Crippen LogP contribution in [-0.4, -0.2) is 28.5 Å². The van der Waals surface area contributed by atoms with Gasteiger partial charge in [0.2, 0.25) is 0 Å². The Morgan fingerprint density at radius 1 is 1.43 bits per heavy atom. The van der Waals surface area contributed by atoms with E-state index in [0.29, 0.717) is 0 Å². The molecule has 1 aromatic rings. The fourth-order valence-electron chi connectivity index (χ4n) is 1.74. The Balaban J connectivity index is 2.88. The first kappa shape index (κ1) is 16.9. The molecule has 21 heavy (non-hydrogen) atoms. The Morgan fingerprint density at radius 3 is 2.52 bits per heavy atom. The molecule has 0 bridgehead atoms. The van der Waals surface area contributed by atoms with Crippen LogP contribution in [0, 0.1) is 22.0 Å². The van der Waals surface area contributed by atoms with Crippen molar-refractivity contribution < 1.29 is 19.6 Å². The molecule has 1 amide bonds. The number of benzene rings is 1. The summed E-state index contributed by atoms with van der Waals surface area (Å²) in [6, 6.07) is 3.87. The summed E-state index contributed by atoms with van der Waals surface area (Å²) in [4.78, 5) is 33.1.